The number of unbranched alkanes of at least 4 members (excludes halogenated alkanes) is 1. The summed E-state index contributed by atoms with van der Waals surface area (Å²) in [4.78, 5) is 0. The van der Waals surface area contributed by atoms with Gasteiger partial charge in [-0.1, -0.05) is 17.3 Å². The number of hydrogen-bond donors (Lipinski definition) is 3. The van der Waals surface area contributed by atoms with Crippen LogP contribution in [0.2, 0.25) is 0 Å². The minimum absolute atomic E-state index is 0.282. The average Bonchev–Trinajstić information content (AvgIpc) is 2.40. The van der Waals surface area contributed by atoms with Gasteiger partial charge < -0.3 is 21.0 Å². The molecule has 0 fully saturated rings. The molecule has 0 aliphatic carbocycles. The van der Waals surface area contributed by atoms with Gasteiger partial charge in [0.25, 0.3) is 0 Å². The molecule has 0 aliphatic heterocycles. The normalized spacial score (nSPS) is 11.3. The average molecular weight is 251 g/mol. The summed E-state index contributed by atoms with van der Waals surface area (Å²) in [5, 5.41) is 14.7. The number of hydrogen-bond acceptors (Lipinski definition) is 4. The molecule has 1 aromatic rings. The minimum Gasteiger partial charge on any atom is -0.492 e. The summed E-state index contributed by atoms with van der Waals surface area (Å²) in [7, 11) is 0. The molecule has 0 spiro atoms. The van der Waals surface area contributed by atoms with Gasteiger partial charge in [-0.05, 0) is 31.9 Å². The van der Waals surface area contributed by atoms with Gasteiger partial charge >= 0.3 is 0 Å². The van der Waals surface area contributed by atoms with Crippen molar-refractivity contribution >= 4 is 11.5 Å². The standard InChI is InChI=1S/C13H21N3O2/c1-2-18-12-8-4-3-7-11(12)15-10-6-5-9-13(14)16-17/h3-4,7-8,15,17H,2,5-6,9-10H2,1H3,(H2,14,16). The molecular formula is C13H21N3O2. The predicted molar refractivity (Wildman–Crippen MR) is 73.4 cm³/mol. The number of oxime groups is 1. The molecule has 0 amide bonds. The molecule has 1 aromatic carbocycles. The molecule has 0 saturated carbocycles. The van der Waals surface area contributed by atoms with Crippen LogP contribution in [0, 0.1) is 0 Å². The molecule has 100 valence electrons. The van der Waals surface area contributed by atoms with Crippen molar-refractivity contribution in [3.8, 4) is 5.75 Å². The Balaban J connectivity index is 2.30. The fourth-order valence-electron chi connectivity index (χ4n) is 1.60. The van der Waals surface area contributed by atoms with Crippen molar-refractivity contribution < 1.29 is 9.94 Å². The number of amidine groups is 1. The largest absolute Gasteiger partial charge is 0.492 e. The Morgan fingerprint density at radius 1 is 1.39 bits per heavy atom. The number of rotatable bonds is 8. The fourth-order valence-corrected chi connectivity index (χ4v) is 1.60. The lowest BCUT2D eigenvalue weighted by Gasteiger charge is -2.11. The number of para-hydroxylation sites is 2. The van der Waals surface area contributed by atoms with Crippen molar-refractivity contribution in [3.63, 3.8) is 0 Å². The lowest BCUT2D eigenvalue weighted by Crippen LogP contribution is -2.12. The van der Waals surface area contributed by atoms with Crippen molar-refractivity contribution in [1.29, 1.82) is 0 Å². The molecule has 0 radical (unpaired) electrons. The minimum atomic E-state index is 0.282. The van der Waals surface area contributed by atoms with Gasteiger partial charge in [0.05, 0.1) is 12.3 Å². The molecule has 0 unspecified atom stereocenters. The molecule has 0 aliphatic rings. The Kier molecular flexibility index (Phi) is 6.46. The van der Waals surface area contributed by atoms with Crippen LogP contribution in [0.25, 0.3) is 0 Å². The molecule has 0 saturated heterocycles. The zero-order valence-corrected chi connectivity index (χ0v) is 10.7. The number of nitrogens with two attached hydrogens (primary N) is 1. The van der Waals surface area contributed by atoms with Crippen LogP contribution in [-0.2, 0) is 0 Å². The summed E-state index contributed by atoms with van der Waals surface area (Å²) in [6.45, 7) is 3.46. The van der Waals surface area contributed by atoms with E-state index in [1.54, 1.807) is 0 Å². The Morgan fingerprint density at radius 3 is 2.89 bits per heavy atom. The van der Waals surface area contributed by atoms with E-state index >= 15 is 0 Å². The topological polar surface area (TPSA) is 79.9 Å². The number of benzene rings is 1. The highest BCUT2D eigenvalue weighted by Crippen LogP contribution is 2.23. The van der Waals surface area contributed by atoms with Gasteiger partial charge in [-0.15, -0.1) is 0 Å². The van der Waals surface area contributed by atoms with Crippen molar-refractivity contribution in [3.05, 3.63) is 24.3 Å². The smallest absolute Gasteiger partial charge is 0.142 e. The first-order valence-corrected chi connectivity index (χ1v) is 6.20. The van der Waals surface area contributed by atoms with E-state index in [4.69, 9.17) is 15.7 Å². The van der Waals surface area contributed by atoms with Crippen LogP contribution in [-0.4, -0.2) is 24.2 Å². The first-order valence-electron chi connectivity index (χ1n) is 6.20. The summed E-state index contributed by atoms with van der Waals surface area (Å²) >= 11 is 0. The molecule has 5 nitrogen and oxygen atoms in total. The van der Waals surface area contributed by atoms with Gasteiger partial charge in [0.2, 0.25) is 0 Å². The van der Waals surface area contributed by atoms with E-state index in [1.807, 2.05) is 31.2 Å². The maximum atomic E-state index is 8.40. The van der Waals surface area contributed by atoms with E-state index in [9.17, 15) is 0 Å². The molecule has 0 heterocycles. The lowest BCUT2D eigenvalue weighted by molar-refractivity contribution is 0.316. The Hall–Kier alpha value is -1.91. The maximum absolute atomic E-state index is 8.40. The van der Waals surface area contributed by atoms with E-state index in [0.717, 1.165) is 30.8 Å². The van der Waals surface area contributed by atoms with E-state index in [2.05, 4.69) is 10.5 Å². The van der Waals surface area contributed by atoms with Crippen molar-refractivity contribution in [2.75, 3.05) is 18.5 Å². The third-order valence-electron chi connectivity index (χ3n) is 2.49. The van der Waals surface area contributed by atoms with E-state index in [0.29, 0.717) is 13.0 Å². The summed E-state index contributed by atoms with van der Waals surface area (Å²) in [6, 6.07) is 7.87. The first-order chi connectivity index (χ1) is 8.77. The van der Waals surface area contributed by atoms with Crippen LogP contribution in [0.1, 0.15) is 26.2 Å². The van der Waals surface area contributed by atoms with Gasteiger partial charge in [-0.2, -0.15) is 0 Å². The molecule has 0 atom stereocenters. The molecule has 5 heteroatoms. The van der Waals surface area contributed by atoms with E-state index in [-0.39, 0.29) is 5.84 Å². The third-order valence-corrected chi connectivity index (χ3v) is 2.49. The SMILES string of the molecule is CCOc1ccccc1NCCCC/C(N)=N/O. The van der Waals surface area contributed by atoms with Crippen LogP contribution in [0.15, 0.2) is 29.4 Å². The highest BCUT2D eigenvalue weighted by Gasteiger charge is 2.01. The number of ether oxygens (including phenoxy) is 1. The van der Waals surface area contributed by atoms with Gasteiger partial charge in [0.1, 0.15) is 11.6 Å². The summed E-state index contributed by atoms with van der Waals surface area (Å²) < 4.78 is 5.51. The summed E-state index contributed by atoms with van der Waals surface area (Å²) in [6.07, 6.45) is 2.46. The quantitative estimate of drug-likeness (QED) is 0.218. The van der Waals surface area contributed by atoms with E-state index < -0.39 is 0 Å². The van der Waals surface area contributed by atoms with Crippen LogP contribution in [0.3, 0.4) is 0 Å². The molecule has 1 rings (SSSR count). The van der Waals surface area contributed by atoms with Gasteiger partial charge in [0, 0.05) is 13.0 Å². The molecule has 0 aromatic heterocycles. The van der Waals surface area contributed by atoms with Gasteiger partial charge in [0.15, 0.2) is 0 Å². The lowest BCUT2D eigenvalue weighted by atomic mass is 10.2. The maximum Gasteiger partial charge on any atom is 0.142 e. The zero-order valence-electron chi connectivity index (χ0n) is 10.7. The number of nitrogens with zero attached hydrogens (tertiary/aromatic N) is 1. The third kappa shape index (κ3) is 4.95. The molecule has 0 bridgehead atoms. The zero-order chi connectivity index (χ0) is 13.2. The monoisotopic (exact) mass is 251 g/mol. The number of anilines is 1. The van der Waals surface area contributed by atoms with Crippen molar-refractivity contribution in [2.45, 2.75) is 26.2 Å². The second-order valence-corrected chi connectivity index (χ2v) is 3.90. The first kappa shape index (κ1) is 14.2. The Bertz CT molecular complexity index is 380. The van der Waals surface area contributed by atoms with Crippen molar-refractivity contribution in [2.24, 2.45) is 10.9 Å². The Labute approximate surface area is 108 Å². The van der Waals surface area contributed by atoms with E-state index in [1.165, 1.54) is 0 Å². The van der Waals surface area contributed by atoms with Crippen LogP contribution < -0.4 is 15.8 Å². The second-order valence-electron chi connectivity index (χ2n) is 3.90. The predicted octanol–water partition coefficient (Wildman–Crippen LogP) is 2.41. The number of nitrogens with one attached hydrogen (secondary N) is 1. The van der Waals surface area contributed by atoms with Crippen LogP contribution >= 0.6 is 0 Å². The Morgan fingerprint density at radius 2 is 2.17 bits per heavy atom. The highest BCUT2D eigenvalue weighted by molar-refractivity contribution is 5.79. The molecule has 4 N–H and O–H groups in total. The van der Waals surface area contributed by atoms with Crippen LogP contribution in [0.4, 0.5) is 5.69 Å². The summed E-state index contributed by atoms with van der Waals surface area (Å²) in [5.41, 5.74) is 6.39. The molecular weight excluding hydrogens is 230 g/mol. The van der Waals surface area contributed by atoms with Crippen LogP contribution in [0.5, 0.6) is 5.75 Å². The van der Waals surface area contributed by atoms with Gasteiger partial charge in [-0.3, -0.25) is 0 Å². The van der Waals surface area contributed by atoms with Crippen molar-refractivity contribution in [1.82, 2.24) is 0 Å². The fraction of sp³-hybridized carbons (Fsp3) is 0.462. The highest BCUT2D eigenvalue weighted by atomic mass is 16.5. The second kappa shape index (κ2) is 8.22. The summed E-state index contributed by atoms with van der Waals surface area (Å²) in [5.74, 6) is 1.15. The molecule has 18 heavy (non-hydrogen) atoms. The van der Waals surface area contributed by atoms with Gasteiger partial charge in [-0.25, -0.2) is 0 Å².